The Labute approximate surface area is 161 Å². The van der Waals surface area contributed by atoms with Crippen LogP contribution >= 0.6 is 23.2 Å². The number of benzene rings is 1. The maximum Gasteiger partial charge on any atom is 0.271 e. The SMILES string of the molecule is O=C(NCCN1CCOCC1)c1ccc(Nc2ccc(Cl)c(Cl)c2)nn1. The zero-order valence-corrected chi connectivity index (χ0v) is 15.6. The lowest BCUT2D eigenvalue weighted by Crippen LogP contribution is -2.41. The smallest absolute Gasteiger partial charge is 0.271 e. The van der Waals surface area contributed by atoms with Crippen molar-refractivity contribution >= 4 is 40.6 Å². The molecular formula is C17H19Cl2N5O2. The first-order valence-electron chi connectivity index (χ1n) is 8.26. The van der Waals surface area contributed by atoms with Gasteiger partial charge in [-0.05, 0) is 30.3 Å². The second-order valence-corrected chi connectivity index (χ2v) is 6.58. The van der Waals surface area contributed by atoms with Gasteiger partial charge >= 0.3 is 0 Å². The highest BCUT2D eigenvalue weighted by molar-refractivity contribution is 6.42. The number of anilines is 2. The van der Waals surface area contributed by atoms with Crippen LogP contribution in [0.25, 0.3) is 0 Å². The average Bonchev–Trinajstić information content (AvgIpc) is 2.66. The maximum absolute atomic E-state index is 12.1. The summed E-state index contributed by atoms with van der Waals surface area (Å²) in [7, 11) is 0. The second kappa shape index (κ2) is 9.14. The van der Waals surface area contributed by atoms with Gasteiger partial charge in [-0.15, -0.1) is 10.2 Å². The van der Waals surface area contributed by atoms with Crippen molar-refractivity contribution in [3.05, 3.63) is 46.1 Å². The molecule has 138 valence electrons. The molecule has 2 N–H and O–H groups in total. The van der Waals surface area contributed by atoms with E-state index in [-0.39, 0.29) is 11.6 Å². The summed E-state index contributed by atoms with van der Waals surface area (Å²) in [6, 6.07) is 8.47. The van der Waals surface area contributed by atoms with Gasteiger partial charge in [0.15, 0.2) is 11.5 Å². The van der Waals surface area contributed by atoms with Crippen LogP contribution in [-0.4, -0.2) is 60.4 Å². The molecule has 0 spiro atoms. The van der Waals surface area contributed by atoms with Crippen molar-refractivity contribution in [1.29, 1.82) is 0 Å². The molecular weight excluding hydrogens is 377 g/mol. The largest absolute Gasteiger partial charge is 0.379 e. The molecule has 0 saturated carbocycles. The van der Waals surface area contributed by atoms with Crippen LogP contribution in [-0.2, 0) is 4.74 Å². The van der Waals surface area contributed by atoms with Crippen LogP contribution in [0, 0.1) is 0 Å². The van der Waals surface area contributed by atoms with Crippen molar-refractivity contribution in [1.82, 2.24) is 20.4 Å². The Bertz CT molecular complexity index is 751. The average molecular weight is 396 g/mol. The predicted octanol–water partition coefficient (Wildman–Crippen LogP) is 2.59. The van der Waals surface area contributed by atoms with E-state index in [0.29, 0.717) is 22.4 Å². The summed E-state index contributed by atoms with van der Waals surface area (Å²) >= 11 is 11.9. The summed E-state index contributed by atoms with van der Waals surface area (Å²) in [4.78, 5) is 14.4. The van der Waals surface area contributed by atoms with Crippen LogP contribution in [0.5, 0.6) is 0 Å². The molecule has 1 aromatic carbocycles. The molecule has 0 aliphatic carbocycles. The van der Waals surface area contributed by atoms with Crippen LogP contribution in [0.4, 0.5) is 11.5 Å². The molecule has 1 aromatic heterocycles. The van der Waals surface area contributed by atoms with Gasteiger partial charge in [0.2, 0.25) is 0 Å². The van der Waals surface area contributed by atoms with Crippen LogP contribution in [0.1, 0.15) is 10.5 Å². The highest BCUT2D eigenvalue weighted by Gasteiger charge is 2.12. The first-order chi connectivity index (χ1) is 12.6. The minimum absolute atomic E-state index is 0.244. The predicted molar refractivity (Wildman–Crippen MR) is 101 cm³/mol. The lowest BCUT2D eigenvalue weighted by atomic mass is 10.3. The van der Waals surface area contributed by atoms with E-state index in [1.165, 1.54) is 0 Å². The highest BCUT2D eigenvalue weighted by Crippen LogP contribution is 2.26. The number of nitrogens with zero attached hydrogens (tertiary/aromatic N) is 3. The molecule has 1 aliphatic rings. The number of nitrogens with one attached hydrogen (secondary N) is 2. The minimum atomic E-state index is -0.244. The van der Waals surface area contributed by atoms with Crippen LogP contribution in [0.2, 0.25) is 10.0 Å². The molecule has 0 unspecified atom stereocenters. The molecule has 7 nitrogen and oxygen atoms in total. The van der Waals surface area contributed by atoms with E-state index in [0.717, 1.165) is 38.5 Å². The van der Waals surface area contributed by atoms with Gasteiger partial charge in [0, 0.05) is 31.9 Å². The minimum Gasteiger partial charge on any atom is -0.379 e. The molecule has 0 radical (unpaired) electrons. The Balaban J connectivity index is 1.49. The standard InChI is InChI=1S/C17H19Cl2N5O2/c18-13-2-1-12(11-14(13)19)21-16-4-3-15(22-23-16)17(25)20-5-6-24-7-9-26-10-8-24/h1-4,11H,5-10H2,(H,20,25)(H,21,23). The van der Waals surface area contributed by atoms with E-state index in [1.807, 2.05) is 0 Å². The normalized spacial score (nSPS) is 14.8. The van der Waals surface area contributed by atoms with Gasteiger partial charge in [-0.2, -0.15) is 0 Å². The third kappa shape index (κ3) is 5.28. The van der Waals surface area contributed by atoms with E-state index in [4.69, 9.17) is 27.9 Å². The number of hydrogen-bond donors (Lipinski definition) is 2. The maximum atomic E-state index is 12.1. The first-order valence-corrected chi connectivity index (χ1v) is 9.01. The topological polar surface area (TPSA) is 79.4 Å². The Morgan fingerprint density at radius 1 is 1.12 bits per heavy atom. The summed E-state index contributed by atoms with van der Waals surface area (Å²) in [6.07, 6.45) is 0. The van der Waals surface area contributed by atoms with Gasteiger partial charge < -0.3 is 15.4 Å². The zero-order chi connectivity index (χ0) is 18.4. The number of rotatable bonds is 6. The molecule has 9 heteroatoms. The summed E-state index contributed by atoms with van der Waals surface area (Å²) in [5, 5.41) is 14.8. The molecule has 1 fully saturated rings. The summed E-state index contributed by atoms with van der Waals surface area (Å²) in [6.45, 7) is 4.62. The van der Waals surface area contributed by atoms with Crippen molar-refractivity contribution in [2.24, 2.45) is 0 Å². The highest BCUT2D eigenvalue weighted by atomic mass is 35.5. The summed E-state index contributed by atoms with van der Waals surface area (Å²) < 4.78 is 5.30. The molecule has 26 heavy (non-hydrogen) atoms. The van der Waals surface area contributed by atoms with Gasteiger partial charge in [0.05, 0.1) is 23.3 Å². The van der Waals surface area contributed by atoms with Gasteiger partial charge in [0.1, 0.15) is 0 Å². The first kappa shape index (κ1) is 18.8. The van der Waals surface area contributed by atoms with E-state index >= 15 is 0 Å². The van der Waals surface area contributed by atoms with Crippen molar-refractivity contribution in [2.75, 3.05) is 44.7 Å². The Hall–Kier alpha value is -1.93. The lowest BCUT2D eigenvalue weighted by Gasteiger charge is -2.26. The van der Waals surface area contributed by atoms with E-state index in [9.17, 15) is 4.79 Å². The van der Waals surface area contributed by atoms with E-state index < -0.39 is 0 Å². The van der Waals surface area contributed by atoms with Gasteiger partial charge in [0.25, 0.3) is 5.91 Å². The van der Waals surface area contributed by atoms with Gasteiger partial charge in [-0.3, -0.25) is 9.69 Å². The van der Waals surface area contributed by atoms with Crippen LogP contribution in [0.15, 0.2) is 30.3 Å². The number of hydrogen-bond acceptors (Lipinski definition) is 6. The zero-order valence-electron chi connectivity index (χ0n) is 14.0. The molecule has 1 saturated heterocycles. The Kier molecular flexibility index (Phi) is 6.62. The number of amides is 1. The lowest BCUT2D eigenvalue weighted by molar-refractivity contribution is 0.0383. The molecule has 0 atom stereocenters. The van der Waals surface area contributed by atoms with E-state index in [1.54, 1.807) is 30.3 Å². The van der Waals surface area contributed by atoms with Crippen LogP contribution in [0.3, 0.4) is 0 Å². The molecule has 0 bridgehead atoms. The summed E-state index contributed by atoms with van der Waals surface area (Å²) in [5.41, 5.74) is 1.00. The number of aromatic nitrogens is 2. The Morgan fingerprint density at radius 3 is 2.62 bits per heavy atom. The van der Waals surface area contributed by atoms with Gasteiger partial charge in [-0.1, -0.05) is 23.2 Å². The van der Waals surface area contributed by atoms with Crippen molar-refractivity contribution in [3.63, 3.8) is 0 Å². The molecule has 2 aromatic rings. The monoisotopic (exact) mass is 395 g/mol. The number of halogens is 2. The fourth-order valence-electron chi connectivity index (χ4n) is 2.48. The molecule has 3 rings (SSSR count). The number of ether oxygens (including phenoxy) is 1. The van der Waals surface area contributed by atoms with Crippen molar-refractivity contribution < 1.29 is 9.53 Å². The second-order valence-electron chi connectivity index (χ2n) is 5.77. The number of carbonyl (C=O) groups excluding carboxylic acids is 1. The quantitative estimate of drug-likeness (QED) is 0.782. The fraction of sp³-hybridized carbons (Fsp3) is 0.353. The Morgan fingerprint density at radius 2 is 1.92 bits per heavy atom. The van der Waals surface area contributed by atoms with Crippen molar-refractivity contribution in [2.45, 2.75) is 0 Å². The van der Waals surface area contributed by atoms with E-state index in [2.05, 4.69) is 25.7 Å². The summed E-state index contributed by atoms with van der Waals surface area (Å²) in [5.74, 6) is 0.264. The number of morpholine rings is 1. The third-order valence-electron chi connectivity index (χ3n) is 3.91. The van der Waals surface area contributed by atoms with Crippen molar-refractivity contribution in [3.8, 4) is 0 Å². The third-order valence-corrected chi connectivity index (χ3v) is 4.65. The van der Waals surface area contributed by atoms with Crippen LogP contribution < -0.4 is 10.6 Å². The molecule has 2 heterocycles. The fourth-order valence-corrected chi connectivity index (χ4v) is 2.78. The molecule has 1 amide bonds. The molecule has 1 aliphatic heterocycles. The van der Waals surface area contributed by atoms with Gasteiger partial charge in [-0.25, -0.2) is 0 Å². The number of carbonyl (C=O) groups is 1.